The van der Waals surface area contributed by atoms with Crippen molar-refractivity contribution in [2.45, 2.75) is 52.5 Å². The third-order valence-electron chi connectivity index (χ3n) is 4.99. The number of hydrogen-bond acceptors (Lipinski definition) is 3. The van der Waals surface area contributed by atoms with Gasteiger partial charge in [0.1, 0.15) is 6.54 Å². The van der Waals surface area contributed by atoms with Crippen molar-refractivity contribution in [1.29, 1.82) is 0 Å². The Hall–Kier alpha value is -1.85. The van der Waals surface area contributed by atoms with Crippen molar-refractivity contribution in [2.75, 3.05) is 19.6 Å². The van der Waals surface area contributed by atoms with Gasteiger partial charge in [-0.2, -0.15) is 0 Å². The third-order valence-corrected chi connectivity index (χ3v) is 4.99. The van der Waals surface area contributed by atoms with Gasteiger partial charge in [-0.25, -0.2) is 0 Å². The first kappa shape index (κ1) is 18.0. The number of ether oxygens (including phenoxy) is 1. The topological polar surface area (TPSA) is 46.5 Å². The van der Waals surface area contributed by atoms with E-state index in [0.29, 0.717) is 19.1 Å². The predicted octanol–water partition coefficient (Wildman–Crippen LogP) is 2.56. The standard InChI is InChI=1S/C20H29N3O2/c1-14-9-18-7-5-6-8-19(18)23(14)13-20(24)21-10-15(2)22-11-16(3)25-17(4)12-22/h5-9,15-17H,10-13H2,1-4H3,(H,21,24)/t15-,16-,17+/m0/s1. The quantitative estimate of drug-likeness (QED) is 0.908. The van der Waals surface area contributed by atoms with E-state index in [9.17, 15) is 4.79 Å². The van der Waals surface area contributed by atoms with E-state index in [-0.39, 0.29) is 18.1 Å². The van der Waals surface area contributed by atoms with Crippen molar-refractivity contribution >= 4 is 16.8 Å². The highest BCUT2D eigenvalue weighted by Crippen LogP contribution is 2.19. The molecule has 2 heterocycles. The fourth-order valence-corrected chi connectivity index (χ4v) is 3.73. The second kappa shape index (κ2) is 7.58. The zero-order valence-corrected chi connectivity index (χ0v) is 15.7. The molecule has 1 amide bonds. The number of hydrogen-bond donors (Lipinski definition) is 1. The molecule has 2 aromatic rings. The Morgan fingerprint density at radius 3 is 2.68 bits per heavy atom. The summed E-state index contributed by atoms with van der Waals surface area (Å²) in [6, 6.07) is 10.6. The molecule has 5 heteroatoms. The second-order valence-corrected chi connectivity index (χ2v) is 7.29. The highest BCUT2D eigenvalue weighted by molar-refractivity contribution is 5.84. The lowest BCUT2D eigenvalue weighted by Gasteiger charge is -2.39. The van der Waals surface area contributed by atoms with E-state index in [1.165, 1.54) is 5.39 Å². The largest absolute Gasteiger partial charge is 0.373 e. The van der Waals surface area contributed by atoms with Gasteiger partial charge >= 0.3 is 0 Å². The summed E-state index contributed by atoms with van der Waals surface area (Å²) in [5, 5.41) is 4.28. The Kier molecular flexibility index (Phi) is 5.45. The maximum Gasteiger partial charge on any atom is 0.240 e. The molecule has 0 saturated carbocycles. The molecule has 0 spiro atoms. The molecule has 1 aromatic carbocycles. The molecule has 3 rings (SSSR count). The van der Waals surface area contributed by atoms with E-state index in [2.05, 4.69) is 53.8 Å². The Balaban J connectivity index is 1.56. The van der Waals surface area contributed by atoms with Crippen molar-refractivity contribution in [3.63, 3.8) is 0 Å². The predicted molar refractivity (Wildman–Crippen MR) is 101 cm³/mol. The summed E-state index contributed by atoms with van der Waals surface area (Å²) in [6.45, 7) is 11.3. The maximum atomic E-state index is 12.4. The summed E-state index contributed by atoms with van der Waals surface area (Å²) < 4.78 is 7.86. The highest BCUT2D eigenvalue weighted by Gasteiger charge is 2.25. The van der Waals surface area contributed by atoms with Crippen LogP contribution in [0.5, 0.6) is 0 Å². The molecule has 1 saturated heterocycles. The van der Waals surface area contributed by atoms with Crippen molar-refractivity contribution in [3.8, 4) is 0 Å². The lowest BCUT2D eigenvalue weighted by molar-refractivity contribution is -0.122. The van der Waals surface area contributed by atoms with Crippen LogP contribution in [-0.2, 0) is 16.1 Å². The van der Waals surface area contributed by atoms with E-state index in [1.54, 1.807) is 0 Å². The third kappa shape index (κ3) is 4.22. The van der Waals surface area contributed by atoms with Gasteiger partial charge in [-0.1, -0.05) is 18.2 Å². The fourth-order valence-electron chi connectivity index (χ4n) is 3.73. The lowest BCUT2D eigenvalue weighted by atomic mass is 10.1. The van der Waals surface area contributed by atoms with Gasteiger partial charge in [0, 0.05) is 36.9 Å². The zero-order chi connectivity index (χ0) is 18.0. The molecule has 1 fully saturated rings. The van der Waals surface area contributed by atoms with Crippen LogP contribution in [0, 0.1) is 6.92 Å². The minimum atomic E-state index is 0.0608. The first-order valence-corrected chi connectivity index (χ1v) is 9.15. The van der Waals surface area contributed by atoms with Crippen LogP contribution < -0.4 is 5.32 Å². The molecule has 5 nitrogen and oxygen atoms in total. The number of aromatic nitrogens is 1. The molecule has 1 N–H and O–H groups in total. The summed E-state index contributed by atoms with van der Waals surface area (Å²) in [5.74, 6) is 0.0608. The van der Waals surface area contributed by atoms with Crippen molar-refractivity contribution < 1.29 is 9.53 Å². The van der Waals surface area contributed by atoms with Gasteiger partial charge in [-0.05, 0) is 45.2 Å². The molecule has 0 bridgehead atoms. The molecule has 1 aliphatic rings. The number of nitrogens with zero attached hydrogens (tertiary/aromatic N) is 2. The maximum absolute atomic E-state index is 12.4. The number of amides is 1. The summed E-state index contributed by atoms with van der Waals surface area (Å²) in [7, 11) is 0. The van der Waals surface area contributed by atoms with Crippen LogP contribution in [0.2, 0.25) is 0 Å². The van der Waals surface area contributed by atoms with Crippen LogP contribution >= 0.6 is 0 Å². The summed E-state index contributed by atoms with van der Waals surface area (Å²) in [4.78, 5) is 14.8. The molecule has 25 heavy (non-hydrogen) atoms. The normalized spacial score (nSPS) is 22.9. The van der Waals surface area contributed by atoms with E-state index in [4.69, 9.17) is 4.74 Å². The van der Waals surface area contributed by atoms with Gasteiger partial charge in [0.2, 0.25) is 5.91 Å². The molecule has 3 atom stereocenters. The number of fused-ring (bicyclic) bond motifs is 1. The van der Waals surface area contributed by atoms with Crippen LogP contribution in [0.4, 0.5) is 0 Å². The smallest absolute Gasteiger partial charge is 0.240 e. The van der Waals surface area contributed by atoms with Crippen molar-refractivity contribution in [2.24, 2.45) is 0 Å². The minimum absolute atomic E-state index is 0.0608. The SMILES string of the molecule is Cc1cc2ccccc2n1CC(=O)NC[C@H](C)N1C[C@@H](C)O[C@@H](C)C1. The summed E-state index contributed by atoms with van der Waals surface area (Å²) in [6.07, 6.45) is 0.492. The summed E-state index contributed by atoms with van der Waals surface area (Å²) in [5.41, 5.74) is 2.22. The lowest BCUT2D eigenvalue weighted by Crippen LogP contribution is -2.52. The molecule has 1 aromatic heterocycles. The summed E-state index contributed by atoms with van der Waals surface area (Å²) >= 11 is 0. The van der Waals surface area contributed by atoms with Gasteiger partial charge in [0.05, 0.1) is 12.2 Å². The molecule has 0 radical (unpaired) electrons. The van der Waals surface area contributed by atoms with Crippen LogP contribution in [0.3, 0.4) is 0 Å². The van der Waals surface area contributed by atoms with E-state index >= 15 is 0 Å². The Morgan fingerprint density at radius 1 is 1.28 bits per heavy atom. The Morgan fingerprint density at radius 2 is 1.96 bits per heavy atom. The van der Waals surface area contributed by atoms with Crippen LogP contribution in [0.1, 0.15) is 26.5 Å². The van der Waals surface area contributed by atoms with Crippen molar-refractivity contribution in [1.82, 2.24) is 14.8 Å². The Labute approximate surface area is 149 Å². The van der Waals surface area contributed by atoms with Gasteiger partial charge in [0.15, 0.2) is 0 Å². The number of carbonyl (C=O) groups excluding carboxylic acids is 1. The Bertz CT molecular complexity index is 730. The monoisotopic (exact) mass is 343 g/mol. The molecule has 1 aliphatic heterocycles. The number of rotatable bonds is 5. The molecule has 0 aliphatic carbocycles. The molecular weight excluding hydrogens is 314 g/mol. The highest BCUT2D eigenvalue weighted by atomic mass is 16.5. The second-order valence-electron chi connectivity index (χ2n) is 7.29. The number of nitrogens with one attached hydrogen (secondary N) is 1. The van der Waals surface area contributed by atoms with Crippen molar-refractivity contribution in [3.05, 3.63) is 36.0 Å². The van der Waals surface area contributed by atoms with Gasteiger partial charge in [0.25, 0.3) is 0 Å². The van der Waals surface area contributed by atoms with Gasteiger partial charge < -0.3 is 14.6 Å². The van der Waals surface area contributed by atoms with E-state index in [1.807, 2.05) is 19.1 Å². The minimum Gasteiger partial charge on any atom is -0.373 e. The number of para-hydroxylation sites is 1. The van der Waals surface area contributed by atoms with Crippen LogP contribution in [0.25, 0.3) is 10.9 Å². The van der Waals surface area contributed by atoms with Gasteiger partial charge in [-0.15, -0.1) is 0 Å². The first-order valence-electron chi connectivity index (χ1n) is 9.15. The average molecular weight is 343 g/mol. The fraction of sp³-hybridized carbons (Fsp3) is 0.550. The van der Waals surface area contributed by atoms with Gasteiger partial charge in [-0.3, -0.25) is 9.69 Å². The first-order chi connectivity index (χ1) is 11.9. The number of benzene rings is 1. The molecular formula is C20H29N3O2. The van der Waals surface area contributed by atoms with Crippen LogP contribution in [0.15, 0.2) is 30.3 Å². The van der Waals surface area contributed by atoms with Crippen LogP contribution in [-0.4, -0.2) is 53.3 Å². The molecule has 136 valence electrons. The number of aryl methyl sites for hydroxylation is 1. The average Bonchev–Trinajstić information content (AvgIpc) is 2.87. The number of carbonyl (C=O) groups is 1. The van der Waals surface area contributed by atoms with E-state index in [0.717, 1.165) is 24.3 Å². The number of morpholine rings is 1. The molecule has 0 unspecified atom stereocenters. The van der Waals surface area contributed by atoms with E-state index < -0.39 is 0 Å². The zero-order valence-electron chi connectivity index (χ0n) is 15.7.